The van der Waals surface area contributed by atoms with E-state index in [1.807, 2.05) is 0 Å². The zero-order valence-electron chi connectivity index (χ0n) is 13.0. The predicted octanol–water partition coefficient (Wildman–Crippen LogP) is -2.70. The van der Waals surface area contributed by atoms with Crippen LogP contribution < -0.4 is 10.6 Å². The molecule has 0 aliphatic carbocycles. The molecule has 6 atom stereocenters. The van der Waals surface area contributed by atoms with Gasteiger partial charge in [-0.15, -0.1) is 0 Å². The highest BCUT2D eigenvalue weighted by Crippen LogP contribution is 2.30. The van der Waals surface area contributed by atoms with Crippen molar-refractivity contribution in [3.63, 3.8) is 0 Å². The molecular weight excluding hydrogens is 312 g/mol. The molecule has 1 rings (SSSR count). The van der Waals surface area contributed by atoms with Crippen LogP contribution in [0.15, 0.2) is 0 Å². The van der Waals surface area contributed by atoms with E-state index in [0.717, 1.165) is 0 Å². The molecule has 1 heterocycles. The summed E-state index contributed by atoms with van der Waals surface area (Å²) in [6.45, 7) is 3.67. The highest BCUT2D eigenvalue weighted by molar-refractivity contribution is 5.76. The van der Waals surface area contributed by atoms with Crippen LogP contribution in [0.3, 0.4) is 0 Å². The first kappa shape index (κ1) is 19.3. The average molecular weight is 334 g/mol. The summed E-state index contributed by atoms with van der Waals surface area (Å²) in [7, 11) is 0. The van der Waals surface area contributed by atoms with Gasteiger partial charge in [0.25, 0.3) is 5.79 Å². The standard InChI is InChI=1S/C13H22N2O8/c1-5(16)9(14-6(2)17)11-10(15-7(3)18)8(19)4-13(22,23-11)12(20)21/h5,8-11,16,19,22H,4H2,1-3H3,(H,14,17)(H,15,18)(H,20,21)/t5-,8-,9-,10+,11-,13-/m0/s1. The minimum absolute atomic E-state index is 0.532. The van der Waals surface area contributed by atoms with Gasteiger partial charge in [-0.1, -0.05) is 0 Å². The second-order valence-corrected chi connectivity index (χ2v) is 5.64. The van der Waals surface area contributed by atoms with Crippen molar-refractivity contribution in [1.82, 2.24) is 10.6 Å². The molecule has 0 aromatic heterocycles. The van der Waals surface area contributed by atoms with Crippen molar-refractivity contribution in [2.45, 2.75) is 63.4 Å². The van der Waals surface area contributed by atoms with Crippen LogP contribution in [0.25, 0.3) is 0 Å². The fourth-order valence-electron chi connectivity index (χ4n) is 2.54. The van der Waals surface area contributed by atoms with Crippen LogP contribution >= 0.6 is 0 Å². The third kappa shape index (κ3) is 4.61. The molecule has 0 saturated carbocycles. The third-order valence-corrected chi connectivity index (χ3v) is 3.53. The fraction of sp³-hybridized carbons (Fsp3) is 0.769. The molecule has 1 aliphatic rings. The maximum atomic E-state index is 11.3. The van der Waals surface area contributed by atoms with Crippen LogP contribution in [-0.4, -0.2) is 74.4 Å². The summed E-state index contributed by atoms with van der Waals surface area (Å²) in [5, 5.41) is 43.8. The van der Waals surface area contributed by atoms with Crippen molar-refractivity contribution >= 4 is 17.8 Å². The van der Waals surface area contributed by atoms with Crippen molar-refractivity contribution in [2.75, 3.05) is 0 Å². The number of hydrogen-bond acceptors (Lipinski definition) is 7. The summed E-state index contributed by atoms with van der Waals surface area (Å²) in [5.74, 6) is -5.50. The molecule has 0 aromatic carbocycles. The highest BCUT2D eigenvalue weighted by Gasteiger charge is 2.53. The Hall–Kier alpha value is -1.75. The first-order valence-corrected chi connectivity index (χ1v) is 7.02. The summed E-state index contributed by atoms with van der Waals surface area (Å²) in [6, 6.07) is -2.29. The van der Waals surface area contributed by atoms with Crippen LogP contribution in [0.4, 0.5) is 0 Å². The zero-order chi connectivity index (χ0) is 17.9. The molecule has 6 N–H and O–H groups in total. The normalized spacial score (nSPS) is 33.4. The highest BCUT2D eigenvalue weighted by atomic mass is 16.7. The van der Waals surface area contributed by atoms with Crippen molar-refractivity contribution in [1.29, 1.82) is 0 Å². The maximum Gasteiger partial charge on any atom is 0.364 e. The molecule has 0 bridgehead atoms. The lowest BCUT2D eigenvalue weighted by Gasteiger charge is -2.45. The monoisotopic (exact) mass is 334 g/mol. The Kier molecular flexibility index (Phi) is 6.05. The van der Waals surface area contributed by atoms with E-state index in [4.69, 9.17) is 9.84 Å². The van der Waals surface area contributed by atoms with Crippen LogP contribution in [0.1, 0.15) is 27.2 Å². The number of amides is 2. The van der Waals surface area contributed by atoms with Gasteiger partial charge < -0.3 is 35.8 Å². The number of aliphatic hydroxyl groups excluding tert-OH is 2. The number of nitrogens with one attached hydrogen (secondary N) is 2. The topological polar surface area (TPSA) is 165 Å². The van der Waals surface area contributed by atoms with Crippen molar-refractivity contribution < 1.29 is 39.5 Å². The van der Waals surface area contributed by atoms with Gasteiger partial charge in [0.15, 0.2) is 0 Å². The van der Waals surface area contributed by atoms with Crippen LogP contribution in [0.5, 0.6) is 0 Å². The number of carboxylic acid groups (broad SMARTS) is 1. The van der Waals surface area contributed by atoms with Crippen LogP contribution in [0, 0.1) is 0 Å². The summed E-state index contributed by atoms with van der Waals surface area (Å²) < 4.78 is 5.15. The van der Waals surface area contributed by atoms with Gasteiger partial charge >= 0.3 is 5.97 Å². The second-order valence-electron chi connectivity index (χ2n) is 5.64. The van der Waals surface area contributed by atoms with E-state index >= 15 is 0 Å². The van der Waals surface area contributed by atoms with Gasteiger partial charge in [0.2, 0.25) is 11.8 Å². The number of carboxylic acids is 1. The van der Waals surface area contributed by atoms with Gasteiger partial charge in [0.1, 0.15) is 6.10 Å². The van der Waals surface area contributed by atoms with Gasteiger partial charge in [-0.3, -0.25) is 9.59 Å². The molecule has 1 saturated heterocycles. The molecule has 0 radical (unpaired) electrons. The number of rotatable bonds is 5. The van der Waals surface area contributed by atoms with Crippen LogP contribution in [-0.2, 0) is 19.1 Å². The van der Waals surface area contributed by atoms with Gasteiger partial charge in [-0.2, -0.15) is 0 Å². The Morgan fingerprint density at radius 3 is 2.22 bits per heavy atom. The van der Waals surface area contributed by atoms with E-state index in [1.54, 1.807) is 0 Å². The SMILES string of the molecule is CC(=O)N[C@H]([C@@H]1O[C@](O)(C(=O)O)C[C@H](O)[C@H]1NC(C)=O)[C@H](C)O. The van der Waals surface area contributed by atoms with E-state index in [-0.39, 0.29) is 0 Å². The van der Waals surface area contributed by atoms with Gasteiger partial charge in [-0.25, -0.2) is 4.79 Å². The predicted molar refractivity (Wildman–Crippen MR) is 75.0 cm³/mol. The number of aliphatic hydroxyl groups is 3. The first-order valence-electron chi connectivity index (χ1n) is 7.02. The maximum absolute atomic E-state index is 11.3. The summed E-state index contributed by atoms with van der Waals surface area (Å²) in [6.07, 6.45) is -4.72. The number of carbonyl (C=O) groups excluding carboxylic acids is 2. The lowest BCUT2D eigenvalue weighted by Crippen LogP contribution is -2.69. The molecule has 10 heteroatoms. The Morgan fingerprint density at radius 2 is 1.83 bits per heavy atom. The minimum Gasteiger partial charge on any atom is -0.477 e. The van der Waals surface area contributed by atoms with E-state index in [2.05, 4.69) is 10.6 Å². The summed E-state index contributed by atoms with van der Waals surface area (Å²) >= 11 is 0. The van der Waals surface area contributed by atoms with Gasteiger partial charge in [-0.05, 0) is 6.92 Å². The van der Waals surface area contributed by atoms with E-state index in [0.29, 0.717) is 0 Å². The molecule has 10 nitrogen and oxygen atoms in total. The molecule has 132 valence electrons. The summed E-state index contributed by atoms with van der Waals surface area (Å²) in [4.78, 5) is 33.8. The number of aliphatic carboxylic acids is 1. The molecule has 0 spiro atoms. The summed E-state index contributed by atoms with van der Waals surface area (Å²) in [5.41, 5.74) is 0. The molecule has 1 fully saturated rings. The average Bonchev–Trinajstić information content (AvgIpc) is 2.38. The molecule has 1 aliphatic heterocycles. The fourth-order valence-corrected chi connectivity index (χ4v) is 2.54. The molecule has 0 aromatic rings. The van der Waals surface area contributed by atoms with Crippen LogP contribution in [0.2, 0.25) is 0 Å². The van der Waals surface area contributed by atoms with E-state index in [9.17, 15) is 29.7 Å². The lowest BCUT2D eigenvalue weighted by molar-refractivity contribution is -0.283. The molecular formula is C13H22N2O8. The third-order valence-electron chi connectivity index (χ3n) is 3.53. The minimum atomic E-state index is -2.70. The largest absolute Gasteiger partial charge is 0.477 e. The van der Waals surface area contributed by atoms with E-state index < -0.39 is 60.4 Å². The second kappa shape index (κ2) is 7.21. The Morgan fingerprint density at radius 1 is 1.26 bits per heavy atom. The number of carbonyl (C=O) groups is 3. The van der Waals surface area contributed by atoms with E-state index in [1.165, 1.54) is 20.8 Å². The molecule has 2 amide bonds. The Bertz CT molecular complexity index is 465. The quantitative estimate of drug-likeness (QED) is 0.316. The molecule has 0 unspecified atom stereocenters. The lowest BCUT2D eigenvalue weighted by atomic mass is 9.87. The van der Waals surface area contributed by atoms with Crippen molar-refractivity contribution in [2.24, 2.45) is 0 Å². The smallest absolute Gasteiger partial charge is 0.364 e. The Labute approximate surface area is 132 Å². The Balaban J connectivity index is 3.21. The van der Waals surface area contributed by atoms with Crippen molar-refractivity contribution in [3.05, 3.63) is 0 Å². The first-order chi connectivity index (χ1) is 10.5. The zero-order valence-corrected chi connectivity index (χ0v) is 13.0. The van der Waals surface area contributed by atoms with Gasteiger partial charge in [0.05, 0.1) is 24.3 Å². The molecule has 23 heavy (non-hydrogen) atoms. The number of ether oxygens (including phenoxy) is 1. The number of hydrogen-bond donors (Lipinski definition) is 6. The van der Waals surface area contributed by atoms with Crippen molar-refractivity contribution in [3.8, 4) is 0 Å². The van der Waals surface area contributed by atoms with Gasteiger partial charge in [0, 0.05) is 20.3 Å².